The molecular formula is C8H44N2O53P18S2. The van der Waals surface area contributed by atoms with E-state index in [4.69, 9.17) is 117 Å². The fraction of sp³-hybridized carbons (Fsp3) is 0.750. The van der Waals surface area contributed by atoms with Crippen molar-refractivity contribution in [3.8, 4) is 0 Å². The second kappa shape index (κ2) is 35.3. The van der Waals surface area contributed by atoms with Crippen LogP contribution in [0.5, 0.6) is 0 Å². The summed E-state index contributed by atoms with van der Waals surface area (Å²) in [5.74, 6) is 0. The summed E-state index contributed by atoms with van der Waals surface area (Å²) in [6.45, 7) is -17.6. The number of hydrogen-bond acceptors (Lipinski definition) is 31. The molecule has 0 bridgehead atoms. The highest BCUT2D eigenvalue weighted by atomic mass is 33.1. The SMILES string of the molecule is COP(=O)(O)C(=O)P(=O)(O)O.COP(=O)(O)NP(=O)(O)O.COP(=O)(O)SP(=O)(O)O.CP(=O)(O)OP(=O)(O)C(=O)P(=O)(O)OP(=O)(O)O.CP(=O)(O)OP(=O)(O)NP(=O)(O)OP(=O)(O)O.CP(=O)(O)OP(=O)(O)SP(=O)(O)OP(=O)(O)O. The minimum atomic E-state index is -5.89. The van der Waals surface area contributed by atoms with E-state index in [1.807, 2.05) is 0 Å². The second-order valence-corrected chi connectivity index (χ2v) is 50.7. The standard InChI is InChI=1S/C2H8O12P4.C2H6O7P2.CH9NO11P4.CH7NO6P2.CH8O11P4S.CH6O6P2S/c1-15(4,5)13-16(6,7)2(3)17(8,9)14-18(10,11)12;1-9-11(7,8)2(3)10(4,5)6;1-14(3,4)12-15(5,6)2-16(7,8)13-17(9,10)11;1-8-10(6,7)2-9(3,4)5;1-13(2,3)11-15(7,8)17-16(9,10)12-14(4,5)6;1-7-9(5,6)10-8(2,3)4/h1H3,(H,4,5)(H,6,7)(H,8,9)(H2,10,11,12);1H3,(H,7,8)(H2,4,5,6);1H3,(H,3,4)(H2,9,10,11)(H3,2,5,6,7,8);1H3,(H4,2,3,4,5,6,7);1H3,(H,2,3)(H,7,8)(H,9,10)(H2,4,5,6);1H3,(H,5,6)(H2,2,3,4). The number of hydrogen-bond donors (Lipinski definition) is 26. The Morgan fingerprint density at radius 2 is 0.627 bits per heavy atom. The van der Waals surface area contributed by atoms with E-state index in [1.165, 1.54) is 0 Å². The van der Waals surface area contributed by atoms with E-state index >= 15 is 0 Å². The molecule has 0 aromatic carbocycles. The Morgan fingerprint density at radius 3 is 0.843 bits per heavy atom. The molecule has 0 radical (unpaired) electrons. The van der Waals surface area contributed by atoms with Crippen molar-refractivity contribution in [2.45, 2.75) is 0 Å². The molecule has 0 heterocycles. The maximum Gasteiger partial charge on any atom is 0.477 e. The molecule has 12 unspecified atom stereocenters. The van der Waals surface area contributed by atoms with Crippen molar-refractivity contribution in [2.24, 2.45) is 0 Å². The predicted octanol–water partition coefficient (Wildman–Crippen LogP) is 1.09. The summed E-state index contributed by atoms with van der Waals surface area (Å²) in [7, 11) is -68.8. The van der Waals surface area contributed by atoms with Crippen LogP contribution in [0.15, 0.2) is 0 Å². The molecule has 506 valence electrons. The van der Waals surface area contributed by atoms with Crippen molar-refractivity contribution < 1.29 is 249 Å². The molecule has 0 saturated heterocycles. The molecule has 26 N–H and O–H groups in total. The molecule has 0 spiro atoms. The molecule has 0 rings (SSSR count). The lowest BCUT2D eigenvalue weighted by atomic mass is 11.8. The smallest absolute Gasteiger partial charge is 0.324 e. The highest BCUT2D eigenvalue weighted by molar-refractivity contribution is 8.85. The van der Waals surface area contributed by atoms with Crippen molar-refractivity contribution in [2.75, 3.05) is 41.3 Å². The van der Waals surface area contributed by atoms with Crippen LogP contribution in [0.1, 0.15) is 0 Å². The van der Waals surface area contributed by atoms with E-state index in [1.54, 1.807) is 0 Å². The number of carbonyl (C=O) groups is 2. The fourth-order valence-electron chi connectivity index (χ4n) is 2.23. The zero-order valence-corrected chi connectivity index (χ0v) is 57.2. The maximum atomic E-state index is 11.0. The zero-order chi connectivity index (χ0) is 69.3. The Labute approximate surface area is 465 Å². The molecule has 12 atom stereocenters. The second-order valence-electron chi connectivity index (χ2n) is 12.0. The normalized spacial score (nSPS) is 21.2. The van der Waals surface area contributed by atoms with Crippen molar-refractivity contribution in [1.29, 1.82) is 0 Å². The molecule has 0 aliphatic rings. The third-order valence-electron chi connectivity index (χ3n) is 4.05. The van der Waals surface area contributed by atoms with E-state index in [-0.39, 0.29) is 11.0 Å². The first-order valence-corrected chi connectivity index (χ1v) is 50.1. The molecule has 0 aromatic rings. The average Bonchev–Trinajstić information content (AvgIpc) is 3.06. The van der Waals surface area contributed by atoms with Crippen LogP contribution < -0.4 is 9.72 Å². The molecule has 0 fully saturated rings. The topological polar surface area (TPSA) is 934 Å². The van der Waals surface area contributed by atoms with Crippen LogP contribution in [0, 0.1) is 0 Å². The first-order valence-electron chi connectivity index (χ1n) is 16.3. The zero-order valence-electron chi connectivity index (χ0n) is 39.4. The van der Waals surface area contributed by atoms with Gasteiger partial charge in [0.15, 0.2) is 0 Å². The number of rotatable bonds is 27. The van der Waals surface area contributed by atoms with Crippen molar-refractivity contribution in [3.05, 3.63) is 0 Å². The quantitative estimate of drug-likeness (QED) is 0.0512. The number of carbonyl (C=O) groups excluding carboxylic acids is 2. The summed E-state index contributed by atoms with van der Waals surface area (Å²) in [5, 5.41) is -4.73. The molecule has 0 amide bonds. The summed E-state index contributed by atoms with van der Waals surface area (Å²) in [6, 6.07) is 0. The van der Waals surface area contributed by atoms with Gasteiger partial charge in [0.2, 0.25) is 0 Å². The summed E-state index contributed by atoms with van der Waals surface area (Å²) in [6.07, 6.45) is 0. The van der Waals surface area contributed by atoms with Gasteiger partial charge in [0.1, 0.15) is 0 Å². The third-order valence-corrected chi connectivity index (χ3v) is 38.4. The van der Waals surface area contributed by atoms with Crippen LogP contribution in [0.2, 0.25) is 0 Å². The Hall–Kier alpha value is 2.78. The first-order chi connectivity index (χ1) is 35.1. The summed E-state index contributed by atoms with van der Waals surface area (Å²) >= 11 is -1.27. The monoisotopic (exact) mass is 1640 g/mol. The van der Waals surface area contributed by atoms with E-state index in [0.717, 1.165) is 23.9 Å². The van der Waals surface area contributed by atoms with E-state index < -0.39 is 156 Å². The minimum absolute atomic E-state index is 0.385. The van der Waals surface area contributed by atoms with Crippen molar-refractivity contribution >= 4 is 167 Å². The highest BCUT2D eigenvalue weighted by Gasteiger charge is 2.52. The van der Waals surface area contributed by atoms with E-state index in [0.29, 0.717) is 27.1 Å². The Kier molecular flexibility index (Phi) is 41.2. The van der Waals surface area contributed by atoms with Gasteiger partial charge in [-0.15, -0.1) is 9.72 Å². The van der Waals surface area contributed by atoms with Crippen molar-refractivity contribution in [1.82, 2.24) is 9.72 Å². The van der Waals surface area contributed by atoms with Crippen LogP contribution in [-0.4, -0.2) is 169 Å². The number of nitrogens with one attached hydrogen (secondary N) is 2. The molecule has 55 nitrogen and oxygen atoms in total. The largest absolute Gasteiger partial charge is 0.477 e. The van der Waals surface area contributed by atoms with Crippen LogP contribution >= 0.6 is 157 Å². The Morgan fingerprint density at radius 1 is 0.313 bits per heavy atom. The van der Waals surface area contributed by atoms with Gasteiger partial charge >= 0.3 is 145 Å². The Bertz CT molecular complexity index is 2840. The van der Waals surface area contributed by atoms with Gasteiger partial charge in [0.05, 0.1) is 22.0 Å². The lowest BCUT2D eigenvalue weighted by Gasteiger charge is -2.18. The van der Waals surface area contributed by atoms with Gasteiger partial charge in [-0.25, -0.2) is 67.5 Å². The third kappa shape index (κ3) is 63.3. The van der Waals surface area contributed by atoms with Gasteiger partial charge in [-0.3, -0.25) is 46.1 Å². The summed E-state index contributed by atoms with van der Waals surface area (Å²) < 4.78 is 222. The van der Waals surface area contributed by atoms with E-state index in [2.05, 4.69) is 39.4 Å². The van der Waals surface area contributed by atoms with Gasteiger partial charge in [0.25, 0.3) is 0 Å². The Balaban J connectivity index is -0.000000218. The molecule has 75 heteroatoms. The van der Waals surface area contributed by atoms with Gasteiger partial charge < -0.3 is 126 Å². The van der Waals surface area contributed by atoms with Crippen molar-refractivity contribution in [3.63, 3.8) is 0 Å². The van der Waals surface area contributed by atoms with Gasteiger partial charge in [0, 0.05) is 41.3 Å². The van der Waals surface area contributed by atoms with Crippen LogP contribution in [0.4, 0.5) is 9.59 Å². The van der Waals surface area contributed by atoms with Gasteiger partial charge in [-0.2, -0.15) is 8.62 Å². The molecule has 0 aromatic heterocycles. The minimum Gasteiger partial charge on any atom is -0.324 e. The molecular weight excluding hydrogens is 1590 g/mol. The molecule has 0 aliphatic heterocycles. The van der Waals surface area contributed by atoms with Crippen LogP contribution in [0.25, 0.3) is 0 Å². The van der Waals surface area contributed by atoms with Crippen LogP contribution in [0.3, 0.4) is 0 Å². The molecule has 0 saturated carbocycles. The average molecular weight is 1640 g/mol. The van der Waals surface area contributed by atoms with Crippen LogP contribution in [-0.2, 0) is 122 Å². The summed E-state index contributed by atoms with van der Waals surface area (Å²) in [5.41, 5.74) is 0. The molecule has 0 aliphatic carbocycles. The molecule has 83 heavy (non-hydrogen) atoms. The van der Waals surface area contributed by atoms with E-state index in [9.17, 15) is 91.8 Å². The van der Waals surface area contributed by atoms with Gasteiger partial charge in [-0.1, -0.05) is 0 Å². The summed E-state index contributed by atoms with van der Waals surface area (Å²) in [4.78, 5) is 225. The van der Waals surface area contributed by atoms with Gasteiger partial charge in [-0.05, 0) is 0 Å². The number of phosphoric acid groups is 3. The fourth-order valence-corrected chi connectivity index (χ4v) is 30.5. The lowest BCUT2D eigenvalue weighted by Crippen LogP contribution is -2.09. The first kappa shape index (κ1) is 96.9. The maximum absolute atomic E-state index is 11.0. The highest BCUT2D eigenvalue weighted by Crippen LogP contribution is 2.81. The lowest BCUT2D eigenvalue weighted by molar-refractivity contribution is 0.242. The predicted molar refractivity (Wildman–Crippen MR) is 268 cm³/mol.